The van der Waals surface area contributed by atoms with Crippen molar-refractivity contribution in [3.8, 4) is 0 Å². The van der Waals surface area contributed by atoms with Crippen LogP contribution in [-0.2, 0) is 9.53 Å². The van der Waals surface area contributed by atoms with Crippen LogP contribution in [0, 0.1) is 6.92 Å². The summed E-state index contributed by atoms with van der Waals surface area (Å²) in [4.78, 5) is 36.7. The topological polar surface area (TPSA) is 122 Å². The molecule has 0 radical (unpaired) electrons. The van der Waals surface area contributed by atoms with E-state index in [0.29, 0.717) is 5.56 Å². The maximum Gasteiger partial charge on any atom is 0.330 e. The van der Waals surface area contributed by atoms with Crippen molar-refractivity contribution in [3.05, 3.63) is 32.6 Å². The number of rotatable bonds is 3. The Labute approximate surface area is 113 Å². The van der Waals surface area contributed by atoms with Gasteiger partial charge < -0.3 is 14.9 Å². The SMILES string of the molecule is CC(=O)C1(O)CC(n2cc(C)c(=O)[nH]c2=O)OC1CO. The van der Waals surface area contributed by atoms with Crippen LogP contribution in [-0.4, -0.2) is 43.9 Å². The normalized spacial score (nSPS) is 29.6. The van der Waals surface area contributed by atoms with E-state index in [9.17, 15) is 24.6 Å². The molecule has 110 valence electrons. The molecule has 3 unspecified atom stereocenters. The number of nitrogens with one attached hydrogen (secondary N) is 1. The first kappa shape index (κ1) is 14.6. The number of aliphatic hydroxyl groups is 2. The fraction of sp³-hybridized carbons (Fsp3) is 0.583. The van der Waals surface area contributed by atoms with E-state index in [2.05, 4.69) is 4.98 Å². The Balaban J connectivity index is 2.42. The molecule has 1 aliphatic heterocycles. The maximum absolute atomic E-state index is 11.8. The number of aryl methyl sites for hydroxylation is 1. The molecule has 1 aliphatic rings. The molecule has 0 spiro atoms. The fourth-order valence-corrected chi connectivity index (χ4v) is 2.28. The summed E-state index contributed by atoms with van der Waals surface area (Å²) >= 11 is 0. The molecule has 3 atom stereocenters. The first-order valence-corrected chi connectivity index (χ1v) is 6.11. The number of aliphatic hydroxyl groups excluding tert-OH is 1. The zero-order valence-electron chi connectivity index (χ0n) is 11.1. The summed E-state index contributed by atoms with van der Waals surface area (Å²) in [6, 6.07) is 0. The standard InChI is InChI=1S/C12H16N2O6/c1-6-4-14(11(18)13-10(6)17)9-3-12(19,7(2)16)8(5-15)20-9/h4,8-9,15,19H,3,5H2,1-2H3,(H,13,17,18). The molecule has 0 amide bonds. The first-order valence-electron chi connectivity index (χ1n) is 6.11. The van der Waals surface area contributed by atoms with Gasteiger partial charge in [-0.15, -0.1) is 0 Å². The van der Waals surface area contributed by atoms with E-state index in [4.69, 9.17) is 4.74 Å². The Hall–Kier alpha value is -1.77. The second kappa shape index (κ2) is 4.97. The quantitative estimate of drug-likeness (QED) is 0.617. The van der Waals surface area contributed by atoms with Gasteiger partial charge in [0.05, 0.1) is 6.61 Å². The third kappa shape index (κ3) is 2.21. The Kier molecular flexibility index (Phi) is 3.63. The molecule has 3 N–H and O–H groups in total. The minimum absolute atomic E-state index is 0.168. The second-order valence-electron chi connectivity index (χ2n) is 4.93. The molecule has 0 aromatic carbocycles. The van der Waals surface area contributed by atoms with E-state index in [1.807, 2.05) is 0 Å². The minimum Gasteiger partial charge on any atom is -0.394 e. The van der Waals surface area contributed by atoms with Crippen molar-refractivity contribution in [1.29, 1.82) is 0 Å². The number of hydrogen-bond donors (Lipinski definition) is 3. The number of H-pyrrole nitrogens is 1. The Bertz CT molecular complexity index is 648. The van der Waals surface area contributed by atoms with Crippen molar-refractivity contribution < 1.29 is 19.7 Å². The van der Waals surface area contributed by atoms with Crippen molar-refractivity contribution in [1.82, 2.24) is 9.55 Å². The molecule has 0 saturated carbocycles. The van der Waals surface area contributed by atoms with Gasteiger partial charge in [0.2, 0.25) is 0 Å². The molecule has 20 heavy (non-hydrogen) atoms. The van der Waals surface area contributed by atoms with Crippen LogP contribution in [0.2, 0.25) is 0 Å². The smallest absolute Gasteiger partial charge is 0.330 e. The minimum atomic E-state index is -1.84. The lowest BCUT2D eigenvalue weighted by Gasteiger charge is -2.23. The molecule has 0 bridgehead atoms. The number of ether oxygens (including phenoxy) is 1. The Morgan fingerprint density at radius 3 is 2.75 bits per heavy atom. The van der Waals surface area contributed by atoms with Gasteiger partial charge >= 0.3 is 5.69 Å². The number of nitrogens with zero attached hydrogens (tertiary/aromatic N) is 1. The van der Waals surface area contributed by atoms with E-state index in [-0.39, 0.29) is 6.42 Å². The van der Waals surface area contributed by atoms with Crippen LogP contribution in [0.25, 0.3) is 0 Å². The van der Waals surface area contributed by atoms with Gasteiger partial charge in [-0.1, -0.05) is 0 Å². The molecular formula is C12H16N2O6. The molecule has 1 aromatic heterocycles. The lowest BCUT2D eigenvalue weighted by Crippen LogP contribution is -2.46. The summed E-state index contributed by atoms with van der Waals surface area (Å²) in [6.07, 6.45) is -0.904. The van der Waals surface area contributed by atoms with Crippen molar-refractivity contribution in [3.63, 3.8) is 0 Å². The zero-order chi connectivity index (χ0) is 15.1. The molecule has 2 heterocycles. The average Bonchev–Trinajstić information content (AvgIpc) is 2.72. The van der Waals surface area contributed by atoms with Crippen molar-refractivity contribution >= 4 is 5.78 Å². The van der Waals surface area contributed by atoms with E-state index in [1.54, 1.807) is 0 Å². The lowest BCUT2D eigenvalue weighted by molar-refractivity contribution is -0.144. The number of Topliss-reactive ketones (excluding diaryl/α,β-unsaturated/α-hetero) is 1. The van der Waals surface area contributed by atoms with E-state index in [1.165, 1.54) is 20.0 Å². The summed E-state index contributed by atoms with van der Waals surface area (Å²) in [5.41, 5.74) is -2.75. The molecule has 1 saturated heterocycles. The largest absolute Gasteiger partial charge is 0.394 e. The molecule has 0 aliphatic carbocycles. The van der Waals surface area contributed by atoms with Gasteiger partial charge in [-0.25, -0.2) is 4.79 Å². The van der Waals surface area contributed by atoms with Crippen molar-refractivity contribution in [2.75, 3.05) is 6.61 Å². The molecule has 1 aromatic rings. The van der Waals surface area contributed by atoms with Crippen LogP contribution >= 0.6 is 0 Å². The summed E-state index contributed by atoms with van der Waals surface area (Å²) in [6.45, 7) is 2.16. The first-order chi connectivity index (χ1) is 9.29. The van der Waals surface area contributed by atoms with Crippen molar-refractivity contribution in [2.24, 2.45) is 0 Å². The van der Waals surface area contributed by atoms with Gasteiger partial charge in [0.1, 0.15) is 12.3 Å². The molecule has 1 fully saturated rings. The Morgan fingerprint density at radius 1 is 1.60 bits per heavy atom. The number of carbonyl (C=O) groups excluding carboxylic acids is 1. The van der Waals surface area contributed by atoms with E-state index < -0.39 is 41.6 Å². The number of hydrogen-bond acceptors (Lipinski definition) is 6. The predicted molar refractivity (Wildman–Crippen MR) is 67.3 cm³/mol. The number of ketones is 1. The van der Waals surface area contributed by atoms with Crippen LogP contribution in [0.5, 0.6) is 0 Å². The highest BCUT2D eigenvalue weighted by molar-refractivity contribution is 5.85. The number of aromatic amines is 1. The van der Waals surface area contributed by atoms with Gasteiger partial charge in [-0.2, -0.15) is 0 Å². The zero-order valence-corrected chi connectivity index (χ0v) is 11.1. The van der Waals surface area contributed by atoms with E-state index in [0.717, 1.165) is 4.57 Å². The average molecular weight is 284 g/mol. The van der Waals surface area contributed by atoms with Crippen LogP contribution in [0.1, 0.15) is 25.1 Å². The monoisotopic (exact) mass is 284 g/mol. The summed E-state index contributed by atoms with van der Waals surface area (Å²) in [5.74, 6) is -0.548. The highest BCUT2D eigenvalue weighted by Crippen LogP contribution is 2.36. The summed E-state index contributed by atoms with van der Waals surface area (Å²) in [5, 5.41) is 19.5. The molecular weight excluding hydrogens is 268 g/mol. The number of carbonyl (C=O) groups is 1. The maximum atomic E-state index is 11.8. The van der Waals surface area contributed by atoms with Gasteiger partial charge in [-0.3, -0.25) is 19.1 Å². The van der Waals surface area contributed by atoms with Crippen LogP contribution < -0.4 is 11.2 Å². The van der Waals surface area contributed by atoms with E-state index >= 15 is 0 Å². The van der Waals surface area contributed by atoms with Gasteiger partial charge in [-0.05, 0) is 13.8 Å². The van der Waals surface area contributed by atoms with Crippen LogP contribution in [0.4, 0.5) is 0 Å². The predicted octanol–water partition coefficient (Wildman–Crippen LogP) is -1.56. The Morgan fingerprint density at radius 2 is 2.25 bits per heavy atom. The highest BCUT2D eigenvalue weighted by Gasteiger charge is 2.51. The molecule has 2 rings (SSSR count). The third-order valence-corrected chi connectivity index (χ3v) is 3.57. The molecule has 8 heteroatoms. The van der Waals surface area contributed by atoms with Gasteiger partial charge in [0.15, 0.2) is 11.4 Å². The van der Waals surface area contributed by atoms with Crippen LogP contribution in [0.15, 0.2) is 15.8 Å². The molecule has 8 nitrogen and oxygen atoms in total. The lowest BCUT2D eigenvalue weighted by atomic mass is 9.91. The third-order valence-electron chi connectivity index (χ3n) is 3.57. The van der Waals surface area contributed by atoms with Gasteiger partial charge in [0, 0.05) is 18.2 Å². The fourth-order valence-electron chi connectivity index (χ4n) is 2.28. The van der Waals surface area contributed by atoms with Crippen LogP contribution in [0.3, 0.4) is 0 Å². The highest BCUT2D eigenvalue weighted by atomic mass is 16.5. The summed E-state index contributed by atoms with van der Waals surface area (Å²) < 4.78 is 6.47. The summed E-state index contributed by atoms with van der Waals surface area (Å²) in [7, 11) is 0. The van der Waals surface area contributed by atoms with Crippen molar-refractivity contribution in [2.45, 2.75) is 38.2 Å². The van der Waals surface area contributed by atoms with Gasteiger partial charge in [0.25, 0.3) is 5.56 Å². The number of aromatic nitrogens is 2. The second-order valence-corrected chi connectivity index (χ2v) is 4.93.